The third-order valence-electron chi connectivity index (χ3n) is 3.25. The average molecular weight is 273 g/mol. The Morgan fingerprint density at radius 3 is 2.80 bits per heavy atom. The number of hydrogen-bond donors (Lipinski definition) is 1. The summed E-state index contributed by atoms with van der Waals surface area (Å²) >= 11 is 0. The number of rotatable bonds is 4. The highest BCUT2D eigenvalue weighted by Crippen LogP contribution is 2.32. The van der Waals surface area contributed by atoms with E-state index in [4.69, 9.17) is 15.9 Å². The molecule has 0 unspecified atom stereocenters. The number of benzene rings is 1. The fourth-order valence-corrected chi connectivity index (χ4v) is 2.30. The second kappa shape index (κ2) is 6.11. The van der Waals surface area contributed by atoms with Crippen molar-refractivity contribution in [2.75, 3.05) is 7.11 Å². The molecule has 5 heteroatoms. The molecular formula is C15H15NO4. The maximum absolute atomic E-state index is 11.8. The van der Waals surface area contributed by atoms with Gasteiger partial charge in [-0.3, -0.25) is 4.79 Å². The van der Waals surface area contributed by atoms with Gasteiger partial charge < -0.3 is 14.8 Å². The first kappa shape index (κ1) is 13.9. The van der Waals surface area contributed by atoms with Gasteiger partial charge in [0.05, 0.1) is 19.1 Å². The van der Waals surface area contributed by atoms with Gasteiger partial charge in [-0.15, -0.1) is 12.3 Å². The molecule has 1 aliphatic rings. The van der Waals surface area contributed by atoms with E-state index in [1.165, 1.54) is 7.11 Å². The summed E-state index contributed by atoms with van der Waals surface area (Å²) in [6, 6.07) is 8.68. The van der Waals surface area contributed by atoms with E-state index in [-0.39, 0.29) is 6.42 Å². The van der Waals surface area contributed by atoms with E-state index in [0.717, 1.165) is 5.56 Å². The van der Waals surface area contributed by atoms with Gasteiger partial charge in [0.2, 0.25) is 0 Å². The molecule has 1 heterocycles. The summed E-state index contributed by atoms with van der Waals surface area (Å²) in [5.41, 5.74) is 0.807. The number of nitrogens with one attached hydrogen (secondary N) is 1. The highest BCUT2D eigenvalue weighted by molar-refractivity contribution is 5.77. The van der Waals surface area contributed by atoms with Crippen molar-refractivity contribution in [1.29, 1.82) is 0 Å². The van der Waals surface area contributed by atoms with Crippen LogP contribution in [0.2, 0.25) is 0 Å². The Balaban J connectivity index is 2.29. The van der Waals surface area contributed by atoms with E-state index < -0.39 is 30.1 Å². The number of esters is 1. The molecule has 2 rings (SSSR count). The van der Waals surface area contributed by atoms with Crippen LogP contribution in [0.1, 0.15) is 18.1 Å². The number of carbonyl (C=O) groups excluding carboxylic acids is 2. The second-order valence-electron chi connectivity index (χ2n) is 4.44. The number of ether oxygens (including phenoxy) is 2. The van der Waals surface area contributed by atoms with Crippen LogP contribution >= 0.6 is 0 Å². The SMILES string of the molecule is C#CC[C@@H](C(=O)OC)[C@@H]1NC(=O)O[C@@H]1c1ccccc1. The average Bonchev–Trinajstić information content (AvgIpc) is 2.86. The van der Waals surface area contributed by atoms with Gasteiger partial charge in [0.1, 0.15) is 6.10 Å². The van der Waals surface area contributed by atoms with Crippen LogP contribution in [0.4, 0.5) is 4.79 Å². The standard InChI is InChI=1S/C15H15NO4/c1-3-7-11(14(17)19-2)12-13(20-15(18)16-12)10-8-5-4-6-9-10/h1,4-6,8-9,11-13H,7H2,2H3,(H,16,18)/t11-,12+,13-/m1/s1. The summed E-state index contributed by atoms with van der Waals surface area (Å²) in [6.45, 7) is 0. The molecule has 0 aliphatic carbocycles. The number of alkyl carbamates (subject to hydrolysis) is 1. The van der Waals surface area contributed by atoms with E-state index in [0.29, 0.717) is 0 Å². The van der Waals surface area contributed by atoms with Crippen molar-refractivity contribution in [2.45, 2.75) is 18.6 Å². The number of hydrogen-bond acceptors (Lipinski definition) is 4. The molecule has 0 aromatic heterocycles. The van der Waals surface area contributed by atoms with Gasteiger partial charge in [-0.2, -0.15) is 0 Å². The normalized spacial score (nSPS) is 22.3. The molecule has 0 bridgehead atoms. The summed E-state index contributed by atoms with van der Waals surface area (Å²) in [6.07, 6.45) is 4.35. The molecule has 1 aromatic rings. The maximum atomic E-state index is 11.8. The molecule has 1 aliphatic heterocycles. The predicted molar refractivity (Wildman–Crippen MR) is 71.5 cm³/mol. The highest BCUT2D eigenvalue weighted by atomic mass is 16.6. The minimum absolute atomic E-state index is 0.171. The van der Waals surface area contributed by atoms with E-state index in [2.05, 4.69) is 11.2 Å². The lowest BCUT2D eigenvalue weighted by atomic mass is 9.89. The van der Waals surface area contributed by atoms with E-state index in [9.17, 15) is 9.59 Å². The predicted octanol–water partition coefficient (Wildman–Crippen LogP) is 1.65. The van der Waals surface area contributed by atoms with Crippen LogP contribution in [0.3, 0.4) is 0 Å². The molecule has 0 radical (unpaired) electrons. The molecule has 5 nitrogen and oxygen atoms in total. The van der Waals surface area contributed by atoms with Gasteiger partial charge in [0, 0.05) is 6.42 Å². The summed E-state index contributed by atoms with van der Waals surface area (Å²) in [5.74, 6) is 1.34. The third-order valence-corrected chi connectivity index (χ3v) is 3.25. The fourth-order valence-electron chi connectivity index (χ4n) is 2.30. The monoisotopic (exact) mass is 273 g/mol. The Labute approximate surface area is 117 Å². The van der Waals surface area contributed by atoms with Gasteiger partial charge in [0.15, 0.2) is 0 Å². The quantitative estimate of drug-likeness (QED) is 0.669. The van der Waals surface area contributed by atoms with Crippen molar-refractivity contribution in [1.82, 2.24) is 5.32 Å². The van der Waals surface area contributed by atoms with Crippen molar-refractivity contribution in [2.24, 2.45) is 5.92 Å². The summed E-state index contributed by atoms with van der Waals surface area (Å²) in [7, 11) is 1.29. The topological polar surface area (TPSA) is 64.6 Å². The molecule has 1 N–H and O–H groups in total. The van der Waals surface area contributed by atoms with E-state index in [1.54, 1.807) is 0 Å². The van der Waals surface area contributed by atoms with Crippen molar-refractivity contribution in [3.05, 3.63) is 35.9 Å². The summed E-state index contributed by atoms with van der Waals surface area (Å²) < 4.78 is 10.0. The molecule has 1 amide bonds. The molecule has 3 atom stereocenters. The van der Waals surface area contributed by atoms with Gasteiger partial charge >= 0.3 is 12.1 Å². The Morgan fingerprint density at radius 1 is 1.50 bits per heavy atom. The maximum Gasteiger partial charge on any atom is 0.408 e. The second-order valence-corrected chi connectivity index (χ2v) is 4.44. The van der Waals surface area contributed by atoms with Crippen LogP contribution in [0, 0.1) is 18.3 Å². The number of cyclic esters (lactones) is 1. The lowest BCUT2D eigenvalue weighted by Crippen LogP contribution is -2.40. The third kappa shape index (κ3) is 2.75. The van der Waals surface area contributed by atoms with Crippen LogP contribution in [0.5, 0.6) is 0 Å². The first-order valence-corrected chi connectivity index (χ1v) is 6.20. The molecule has 0 saturated carbocycles. The van der Waals surface area contributed by atoms with Crippen molar-refractivity contribution in [3.8, 4) is 12.3 Å². The van der Waals surface area contributed by atoms with Crippen LogP contribution < -0.4 is 5.32 Å². The zero-order chi connectivity index (χ0) is 14.5. The highest BCUT2D eigenvalue weighted by Gasteiger charge is 2.43. The van der Waals surface area contributed by atoms with E-state index >= 15 is 0 Å². The molecule has 1 fully saturated rings. The van der Waals surface area contributed by atoms with Crippen LogP contribution in [-0.2, 0) is 14.3 Å². The van der Waals surface area contributed by atoms with Crippen LogP contribution in [0.15, 0.2) is 30.3 Å². The minimum atomic E-state index is -0.637. The van der Waals surface area contributed by atoms with Gasteiger partial charge in [0.25, 0.3) is 0 Å². The number of carbonyl (C=O) groups is 2. The Bertz CT molecular complexity index is 535. The first-order chi connectivity index (χ1) is 9.67. The van der Waals surface area contributed by atoms with Crippen LogP contribution in [0.25, 0.3) is 0 Å². The Morgan fingerprint density at radius 2 is 2.20 bits per heavy atom. The summed E-state index contributed by atoms with van der Waals surface area (Å²) in [4.78, 5) is 23.4. The zero-order valence-corrected chi connectivity index (χ0v) is 11.0. The molecule has 20 heavy (non-hydrogen) atoms. The molecule has 104 valence electrons. The smallest absolute Gasteiger partial charge is 0.408 e. The molecule has 1 saturated heterocycles. The number of amides is 1. The van der Waals surface area contributed by atoms with Gasteiger partial charge in [-0.25, -0.2) is 4.79 Å². The van der Waals surface area contributed by atoms with E-state index in [1.807, 2.05) is 30.3 Å². The van der Waals surface area contributed by atoms with Gasteiger partial charge in [-0.1, -0.05) is 30.3 Å². The fraction of sp³-hybridized carbons (Fsp3) is 0.333. The Hall–Kier alpha value is -2.48. The van der Waals surface area contributed by atoms with Gasteiger partial charge in [-0.05, 0) is 5.56 Å². The number of terminal acetylenes is 1. The molecule has 1 aromatic carbocycles. The van der Waals surface area contributed by atoms with Crippen molar-refractivity contribution < 1.29 is 19.1 Å². The van der Waals surface area contributed by atoms with Crippen molar-refractivity contribution in [3.63, 3.8) is 0 Å². The summed E-state index contributed by atoms with van der Waals surface area (Å²) in [5, 5.41) is 2.65. The minimum Gasteiger partial charge on any atom is -0.469 e. The molecular weight excluding hydrogens is 258 g/mol. The number of methoxy groups -OCH3 is 1. The van der Waals surface area contributed by atoms with Crippen LogP contribution in [-0.4, -0.2) is 25.2 Å². The lowest BCUT2D eigenvalue weighted by Gasteiger charge is -2.23. The van der Waals surface area contributed by atoms with Crippen molar-refractivity contribution >= 4 is 12.1 Å². The largest absolute Gasteiger partial charge is 0.469 e. The lowest BCUT2D eigenvalue weighted by molar-refractivity contribution is -0.146. The Kier molecular flexibility index (Phi) is 4.26. The first-order valence-electron chi connectivity index (χ1n) is 6.20. The molecule has 0 spiro atoms. The zero-order valence-electron chi connectivity index (χ0n) is 11.0.